The minimum Gasteiger partial charge on any atom is -0.355 e. The molecule has 2 aromatic rings. The zero-order valence-corrected chi connectivity index (χ0v) is 19.2. The van der Waals surface area contributed by atoms with Gasteiger partial charge in [0.05, 0.1) is 11.4 Å². The fraction of sp³-hybridized carbons (Fsp3) is 0.773. The second kappa shape index (κ2) is 8.82. The van der Waals surface area contributed by atoms with Gasteiger partial charge in [-0.15, -0.1) is 5.10 Å². The van der Waals surface area contributed by atoms with Gasteiger partial charge in [-0.05, 0) is 75.1 Å². The van der Waals surface area contributed by atoms with E-state index in [4.69, 9.17) is 4.52 Å². The minimum absolute atomic E-state index is 0.299. The topological polar surface area (TPSA) is 58.3 Å². The smallest absolute Gasteiger partial charge is 0.180 e. The Morgan fingerprint density at radius 2 is 1.90 bits per heavy atom. The highest BCUT2D eigenvalue weighted by Gasteiger charge is 2.32. The molecule has 0 amide bonds. The molecule has 0 unspecified atom stereocenters. The van der Waals surface area contributed by atoms with E-state index in [0.717, 1.165) is 41.0 Å². The van der Waals surface area contributed by atoms with Crippen molar-refractivity contribution in [3.63, 3.8) is 0 Å². The van der Waals surface area contributed by atoms with Gasteiger partial charge >= 0.3 is 0 Å². The van der Waals surface area contributed by atoms with Gasteiger partial charge in [0, 0.05) is 31.6 Å². The summed E-state index contributed by atoms with van der Waals surface area (Å²) in [5.41, 5.74) is 2.30. The van der Waals surface area contributed by atoms with Crippen LogP contribution in [0.15, 0.2) is 10.6 Å². The van der Waals surface area contributed by atoms with Crippen LogP contribution < -0.4 is 0 Å². The zero-order chi connectivity index (χ0) is 20.4. The second-order valence-corrected chi connectivity index (χ2v) is 10.8. The summed E-state index contributed by atoms with van der Waals surface area (Å²) in [6.07, 6.45) is 5.09. The highest BCUT2D eigenvalue weighted by atomic mass is 32.1. The van der Waals surface area contributed by atoms with Crippen LogP contribution in [-0.2, 0) is 0 Å². The molecule has 0 saturated carbocycles. The monoisotopic (exact) mass is 417 g/mol. The molecule has 0 spiro atoms. The first-order valence-corrected chi connectivity index (χ1v) is 11.9. The van der Waals surface area contributed by atoms with Gasteiger partial charge in [0.15, 0.2) is 5.76 Å². The zero-order valence-electron chi connectivity index (χ0n) is 18.4. The highest BCUT2D eigenvalue weighted by Crippen LogP contribution is 2.36. The number of rotatable bonds is 6. The largest absolute Gasteiger partial charge is 0.355 e. The Hall–Kier alpha value is -1.31. The maximum atomic E-state index is 5.50. The van der Waals surface area contributed by atoms with Crippen molar-refractivity contribution >= 4 is 11.5 Å². The Morgan fingerprint density at radius 1 is 1.14 bits per heavy atom. The Balaban J connectivity index is 1.38. The molecule has 29 heavy (non-hydrogen) atoms. The van der Waals surface area contributed by atoms with E-state index >= 15 is 0 Å². The van der Waals surface area contributed by atoms with Crippen molar-refractivity contribution in [3.05, 3.63) is 17.5 Å². The number of hydrogen-bond donors (Lipinski definition) is 0. The van der Waals surface area contributed by atoms with Crippen molar-refractivity contribution in [2.24, 2.45) is 11.3 Å². The lowest BCUT2D eigenvalue weighted by Gasteiger charge is -2.41. The lowest BCUT2D eigenvalue weighted by atomic mass is 9.87. The maximum Gasteiger partial charge on any atom is 0.180 e. The van der Waals surface area contributed by atoms with Crippen LogP contribution in [0, 0.1) is 18.3 Å². The summed E-state index contributed by atoms with van der Waals surface area (Å²) in [5, 5.41) is 8.55. The lowest BCUT2D eigenvalue weighted by molar-refractivity contribution is 0.0846. The van der Waals surface area contributed by atoms with E-state index in [9.17, 15) is 0 Å². The average Bonchev–Trinajstić information content (AvgIpc) is 3.32. The van der Waals surface area contributed by atoms with Crippen LogP contribution in [0.2, 0.25) is 0 Å². The van der Waals surface area contributed by atoms with Crippen LogP contribution >= 0.6 is 11.5 Å². The molecule has 160 valence electrons. The van der Waals surface area contributed by atoms with Crippen LogP contribution in [0.1, 0.15) is 63.8 Å². The molecule has 2 fully saturated rings. The van der Waals surface area contributed by atoms with Crippen LogP contribution in [0.25, 0.3) is 10.6 Å². The molecule has 0 bridgehead atoms. The third-order valence-electron chi connectivity index (χ3n) is 6.44. The Labute approximate surface area is 178 Å². The molecule has 4 rings (SSSR count). The van der Waals surface area contributed by atoms with E-state index in [1.807, 2.05) is 13.0 Å². The molecule has 6 nitrogen and oxygen atoms in total. The summed E-state index contributed by atoms with van der Waals surface area (Å²) in [4.78, 5) is 6.38. The Kier molecular flexibility index (Phi) is 6.37. The van der Waals surface area contributed by atoms with Crippen molar-refractivity contribution in [3.8, 4) is 10.6 Å². The maximum absolute atomic E-state index is 5.50. The Morgan fingerprint density at radius 3 is 2.62 bits per heavy atom. The summed E-state index contributed by atoms with van der Waals surface area (Å²) in [5.74, 6) is 2.13. The normalized spacial score (nSPS) is 23.0. The average molecular weight is 418 g/mol. The number of piperidine rings is 2. The van der Waals surface area contributed by atoms with Crippen molar-refractivity contribution in [1.82, 2.24) is 24.5 Å². The fourth-order valence-corrected chi connectivity index (χ4v) is 5.71. The first-order chi connectivity index (χ1) is 13.9. The van der Waals surface area contributed by atoms with E-state index in [1.54, 1.807) is 0 Å². The van der Waals surface area contributed by atoms with Crippen LogP contribution in [0.5, 0.6) is 0 Å². The quantitative estimate of drug-likeness (QED) is 0.693. The molecule has 7 heteroatoms. The summed E-state index contributed by atoms with van der Waals surface area (Å²) in [6, 6.07) is 1.99. The molecule has 4 heterocycles. The molecule has 1 atom stereocenters. The molecule has 0 N–H and O–H groups in total. The molecular weight excluding hydrogens is 382 g/mol. The van der Waals surface area contributed by atoms with Gasteiger partial charge in [-0.2, -0.15) is 0 Å². The second-order valence-electron chi connectivity index (χ2n) is 10.0. The van der Waals surface area contributed by atoms with Crippen LogP contribution in [-0.4, -0.2) is 63.8 Å². The fourth-order valence-electron chi connectivity index (χ4n) is 5.01. The molecule has 2 aromatic heterocycles. The molecule has 2 aliphatic rings. The number of aromatic nitrogens is 3. The molecule has 2 aliphatic heterocycles. The number of nitrogens with zero attached hydrogens (tertiary/aromatic N) is 5. The molecule has 0 aliphatic carbocycles. The minimum atomic E-state index is 0.299. The first-order valence-electron chi connectivity index (χ1n) is 11.1. The van der Waals surface area contributed by atoms with Crippen LogP contribution in [0.3, 0.4) is 0 Å². The van der Waals surface area contributed by atoms with Gasteiger partial charge in [0.1, 0.15) is 4.88 Å². The lowest BCUT2D eigenvalue weighted by Crippen LogP contribution is -2.46. The number of hydrogen-bond acceptors (Lipinski definition) is 7. The van der Waals surface area contributed by atoms with E-state index in [2.05, 4.69) is 45.3 Å². The Bertz CT molecular complexity index is 793. The van der Waals surface area contributed by atoms with Gasteiger partial charge in [-0.3, -0.25) is 0 Å². The summed E-state index contributed by atoms with van der Waals surface area (Å²) in [7, 11) is 0. The third-order valence-corrected chi connectivity index (χ3v) is 7.19. The van der Waals surface area contributed by atoms with Crippen LogP contribution in [0.4, 0.5) is 0 Å². The number of likely N-dealkylation sites (tertiary alicyclic amines) is 2. The standard InChI is InChI=1S/C22H35N5OS/c1-16-7-10-26(11-8-16)14-22(3,4)15-27-9-5-6-18(13-27)20-21(29-25-23-20)19-12-17(2)24-28-19/h12,16,18H,5-11,13-15H2,1-4H3/t18-/m1/s1. The predicted molar refractivity (Wildman–Crippen MR) is 117 cm³/mol. The van der Waals surface area contributed by atoms with Crippen molar-refractivity contribution < 1.29 is 4.52 Å². The third kappa shape index (κ3) is 5.25. The van der Waals surface area contributed by atoms with E-state index in [1.165, 1.54) is 63.4 Å². The summed E-state index contributed by atoms with van der Waals surface area (Å²) < 4.78 is 9.75. The molecule has 0 aromatic carbocycles. The van der Waals surface area contributed by atoms with Gasteiger partial charge in [-0.25, -0.2) is 0 Å². The molecule has 2 saturated heterocycles. The van der Waals surface area contributed by atoms with Gasteiger partial charge < -0.3 is 14.3 Å². The van der Waals surface area contributed by atoms with E-state index in [0.29, 0.717) is 11.3 Å². The van der Waals surface area contributed by atoms with Crippen molar-refractivity contribution in [2.45, 2.75) is 59.3 Å². The predicted octanol–water partition coefficient (Wildman–Crippen LogP) is 4.44. The van der Waals surface area contributed by atoms with Gasteiger partial charge in [-0.1, -0.05) is 30.4 Å². The van der Waals surface area contributed by atoms with Gasteiger partial charge in [0.2, 0.25) is 0 Å². The molecule has 0 radical (unpaired) electrons. The van der Waals surface area contributed by atoms with Gasteiger partial charge in [0.25, 0.3) is 0 Å². The SMILES string of the molecule is Cc1cc(-c2snnc2[C@@H]2CCCN(CC(C)(C)CN3CCC(C)CC3)C2)on1. The first kappa shape index (κ1) is 20.9. The summed E-state index contributed by atoms with van der Waals surface area (Å²) in [6.45, 7) is 16.3. The van der Waals surface area contributed by atoms with E-state index < -0.39 is 0 Å². The number of aryl methyl sites for hydroxylation is 1. The molecular formula is C22H35N5OS. The highest BCUT2D eigenvalue weighted by molar-refractivity contribution is 7.09. The van der Waals surface area contributed by atoms with Crippen molar-refractivity contribution in [1.29, 1.82) is 0 Å². The summed E-state index contributed by atoms with van der Waals surface area (Å²) >= 11 is 1.43. The van der Waals surface area contributed by atoms with Crippen molar-refractivity contribution in [2.75, 3.05) is 39.3 Å². The van der Waals surface area contributed by atoms with E-state index in [-0.39, 0.29) is 0 Å².